The number of aryl methyl sites for hydroxylation is 2. The Labute approximate surface area is 191 Å². The van der Waals surface area contributed by atoms with Gasteiger partial charge in [0, 0.05) is 13.0 Å². The van der Waals surface area contributed by atoms with Crippen LogP contribution < -0.4 is 9.62 Å². The van der Waals surface area contributed by atoms with Crippen molar-refractivity contribution in [1.29, 1.82) is 0 Å². The third-order valence-corrected chi connectivity index (χ3v) is 6.43. The van der Waals surface area contributed by atoms with Gasteiger partial charge in [-0.3, -0.25) is 9.10 Å². The molecule has 0 aliphatic rings. The molecule has 0 heterocycles. The molecule has 168 valence electrons. The summed E-state index contributed by atoms with van der Waals surface area (Å²) in [4.78, 5) is 12.8. The lowest BCUT2D eigenvalue weighted by molar-refractivity contribution is -0.121. The summed E-state index contributed by atoms with van der Waals surface area (Å²) in [7, 11) is -3.46. The first kappa shape index (κ1) is 23.5. The molecule has 32 heavy (non-hydrogen) atoms. The molecule has 3 aromatic carbocycles. The van der Waals surface area contributed by atoms with E-state index in [9.17, 15) is 13.2 Å². The van der Waals surface area contributed by atoms with E-state index in [0.29, 0.717) is 12.1 Å². The van der Waals surface area contributed by atoms with Gasteiger partial charge in [0.15, 0.2) is 0 Å². The van der Waals surface area contributed by atoms with Crippen LogP contribution in [0.5, 0.6) is 0 Å². The van der Waals surface area contributed by atoms with E-state index in [4.69, 9.17) is 0 Å². The normalized spacial score (nSPS) is 11.4. The molecule has 0 bridgehead atoms. The summed E-state index contributed by atoms with van der Waals surface area (Å²) < 4.78 is 26.2. The van der Waals surface area contributed by atoms with Crippen molar-refractivity contribution in [1.82, 2.24) is 5.32 Å². The molecular formula is C26H30N2O3S. The van der Waals surface area contributed by atoms with Gasteiger partial charge in [-0.25, -0.2) is 8.42 Å². The Morgan fingerprint density at radius 3 is 1.84 bits per heavy atom. The van der Waals surface area contributed by atoms with Gasteiger partial charge in [-0.2, -0.15) is 0 Å². The van der Waals surface area contributed by atoms with E-state index in [1.807, 2.05) is 92.7 Å². The van der Waals surface area contributed by atoms with Gasteiger partial charge in [0.05, 0.1) is 18.0 Å². The van der Waals surface area contributed by atoms with Crippen molar-refractivity contribution in [2.24, 2.45) is 0 Å². The summed E-state index contributed by atoms with van der Waals surface area (Å²) in [6.07, 6.45) is 1.85. The Morgan fingerprint density at radius 2 is 1.38 bits per heavy atom. The average molecular weight is 451 g/mol. The number of rotatable bonds is 9. The largest absolute Gasteiger partial charge is 0.345 e. The zero-order chi connectivity index (χ0) is 23.1. The van der Waals surface area contributed by atoms with Crippen molar-refractivity contribution in [3.63, 3.8) is 0 Å². The van der Waals surface area contributed by atoms with Crippen LogP contribution in [-0.4, -0.2) is 27.1 Å². The fraction of sp³-hybridized carbons (Fsp3) is 0.269. The Kier molecular flexibility index (Phi) is 7.70. The molecule has 0 spiro atoms. The number of amides is 1. The van der Waals surface area contributed by atoms with E-state index in [1.54, 1.807) is 0 Å². The van der Waals surface area contributed by atoms with Crippen LogP contribution in [0.4, 0.5) is 5.69 Å². The number of sulfonamides is 1. The zero-order valence-corrected chi connectivity index (χ0v) is 19.6. The molecule has 1 amide bonds. The number of hydrogen-bond acceptors (Lipinski definition) is 3. The second kappa shape index (κ2) is 10.5. The molecule has 0 aromatic heterocycles. The molecule has 0 aliphatic heterocycles. The van der Waals surface area contributed by atoms with E-state index in [1.165, 1.54) is 10.6 Å². The highest BCUT2D eigenvalue weighted by Gasteiger charge is 2.20. The Bertz CT molecular complexity index is 1090. The number of nitrogens with one attached hydrogen (secondary N) is 1. The Morgan fingerprint density at radius 1 is 0.875 bits per heavy atom. The molecule has 0 fully saturated rings. The first-order chi connectivity index (χ1) is 15.2. The lowest BCUT2D eigenvalue weighted by Gasteiger charge is -2.24. The van der Waals surface area contributed by atoms with Gasteiger partial charge in [-0.15, -0.1) is 0 Å². The highest BCUT2D eigenvalue weighted by Crippen LogP contribution is 2.23. The van der Waals surface area contributed by atoms with Gasteiger partial charge in [0.2, 0.25) is 15.9 Å². The first-order valence-electron chi connectivity index (χ1n) is 10.7. The summed E-state index contributed by atoms with van der Waals surface area (Å²) >= 11 is 0. The lowest BCUT2D eigenvalue weighted by Crippen LogP contribution is -2.33. The average Bonchev–Trinajstić information content (AvgIpc) is 2.74. The summed E-state index contributed by atoms with van der Waals surface area (Å²) in [6.45, 7) is 4.13. The zero-order valence-electron chi connectivity index (χ0n) is 18.8. The maximum Gasteiger partial charge on any atom is 0.232 e. The topological polar surface area (TPSA) is 66.5 Å². The van der Waals surface area contributed by atoms with Crippen LogP contribution in [-0.2, 0) is 14.8 Å². The third-order valence-electron chi connectivity index (χ3n) is 5.23. The highest BCUT2D eigenvalue weighted by atomic mass is 32.2. The number of carbonyl (C=O) groups is 1. The minimum atomic E-state index is -3.46. The molecule has 5 nitrogen and oxygen atoms in total. The smallest absolute Gasteiger partial charge is 0.232 e. The fourth-order valence-electron chi connectivity index (χ4n) is 3.85. The van der Waals surface area contributed by atoms with Crippen LogP contribution in [0.25, 0.3) is 0 Å². The Hall–Kier alpha value is -3.12. The minimum absolute atomic E-state index is 0.114. The van der Waals surface area contributed by atoms with Gasteiger partial charge < -0.3 is 5.32 Å². The van der Waals surface area contributed by atoms with Crippen molar-refractivity contribution in [3.8, 4) is 0 Å². The van der Waals surface area contributed by atoms with Crippen LogP contribution in [0.15, 0.2) is 78.9 Å². The first-order valence-corrected chi connectivity index (χ1v) is 12.5. The molecule has 0 aliphatic carbocycles. The predicted molar refractivity (Wildman–Crippen MR) is 130 cm³/mol. The maximum absolute atomic E-state index is 12.8. The number of nitrogens with zero attached hydrogens (tertiary/aromatic N) is 1. The molecule has 0 radical (unpaired) electrons. The van der Waals surface area contributed by atoms with Crippen LogP contribution in [0.2, 0.25) is 0 Å². The molecule has 3 aromatic rings. The van der Waals surface area contributed by atoms with Crippen molar-refractivity contribution in [2.45, 2.75) is 32.7 Å². The third kappa shape index (κ3) is 6.44. The van der Waals surface area contributed by atoms with E-state index in [2.05, 4.69) is 5.32 Å². The van der Waals surface area contributed by atoms with Gasteiger partial charge in [0.1, 0.15) is 0 Å². The summed E-state index contributed by atoms with van der Waals surface area (Å²) in [6, 6.07) is 25.1. The van der Waals surface area contributed by atoms with Crippen molar-refractivity contribution < 1.29 is 13.2 Å². The van der Waals surface area contributed by atoms with Crippen LogP contribution in [0.3, 0.4) is 0 Å². The highest BCUT2D eigenvalue weighted by molar-refractivity contribution is 7.92. The van der Waals surface area contributed by atoms with E-state index >= 15 is 0 Å². The van der Waals surface area contributed by atoms with Crippen LogP contribution in [0, 0.1) is 13.8 Å². The van der Waals surface area contributed by atoms with Gasteiger partial charge >= 0.3 is 0 Å². The quantitative estimate of drug-likeness (QED) is 0.511. The van der Waals surface area contributed by atoms with E-state index < -0.39 is 10.0 Å². The van der Waals surface area contributed by atoms with Crippen molar-refractivity contribution in [2.75, 3.05) is 17.1 Å². The molecule has 0 saturated heterocycles. The lowest BCUT2D eigenvalue weighted by atomic mass is 9.98. The number of carbonyl (C=O) groups excluding carboxylic acids is 1. The van der Waals surface area contributed by atoms with Crippen molar-refractivity contribution >= 4 is 21.6 Å². The molecule has 0 atom stereocenters. The van der Waals surface area contributed by atoms with Gasteiger partial charge in [0.25, 0.3) is 0 Å². The molecule has 0 unspecified atom stereocenters. The summed E-state index contributed by atoms with van der Waals surface area (Å²) in [5.41, 5.74) is 4.64. The number of anilines is 1. The fourth-order valence-corrected chi connectivity index (χ4v) is 4.80. The van der Waals surface area contributed by atoms with Gasteiger partial charge in [-0.05, 0) is 54.7 Å². The molecular weight excluding hydrogens is 420 g/mol. The molecule has 6 heteroatoms. The van der Waals surface area contributed by atoms with Crippen LogP contribution in [0.1, 0.15) is 41.1 Å². The molecule has 1 N–H and O–H groups in total. The SMILES string of the molecule is Cc1cc(C)cc(N(CCCC(=O)NC(c2ccccc2)c2ccccc2)S(C)(=O)=O)c1. The van der Waals surface area contributed by atoms with E-state index in [0.717, 1.165) is 22.3 Å². The second-order valence-electron chi connectivity index (χ2n) is 8.11. The molecule has 3 rings (SSSR count). The Balaban J connectivity index is 1.69. The number of hydrogen-bond donors (Lipinski definition) is 1. The number of benzene rings is 3. The minimum Gasteiger partial charge on any atom is -0.345 e. The summed E-state index contributed by atoms with van der Waals surface area (Å²) in [5, 5.41) is 3.11. The standard InChI is InChI=1S/C26H30N2O3S/c1-20-17-21(2)19-24(18-20)28(32(3,30)31)16-10-15-25(29)27-26(22-11-6-4-7-12-22)23-13-8-5-9-14-23/h4-9,11-14,17-19,26H,10,15-16H2,1-3H3,(H,27,29). The van der Waals surface area contributed by atoms with Gasteiger partial charge in [-0.1, -0.05) is 66.7 Å². The summed E-state index contributed by atoms with van der Waals surface area (Å²) in [5.74, 6) is -0.114. The maximum atomic E-state index is 12.8. The van der Waals surface area contributed by atoms with Crippen molar-refractivity contribution in [3.05, 3.63) is 101 Å². The van der Waals surface area contributed by atoms with E-state index in [-0.39, 0.29) is 24.9 Å². The monoisotopic (exact) mass is 450 g/mol. The predicted octanol–water partition coefficient (Wildman–Crippen LogP) is 4.76. The second-order valence-corrected chi connectivity index (χ2v) is 10.0. The van der Waals surface area contributed by atoms with Crippen LogP contribution >= 0.6 is 0 Å². The molecule has 0 saturated carbocycles.